The minimum absolute atomic E-state index is 0.184. The van der Waals surface area contributed by atoms with Gasteiger partial charge in [0.15, 0.2) is 10.9 Å². The molecule has 1 aromatic heterocycles. The summed E-state index contributed by atoms with van der Waals surface area (Å²) in [7, 11) is 1.79. The van der Waals surface area contributed by atoms with E-state index in [1.54, 1.807) is 7.05 Å². The molecule has 0 aliphatic heterocycles. The second-order valence-corrected chi connectivity index (χ2v) is 4.77. The van der Waals surface area contributed by atoms with Crippen molar-refractivity contribution in [2.24, 2.45) is 0 Å². The number of ketones is 1. The second kappa shape index (κ2) is 4.28. The first kappa shape index (κ1) is 10.6. The fraction of sp³-hybridized carbons (Fsp3) is 0.400. The highest BCUT2D eigenvalue weighted by Crippen LogP contribution is 2.33. The van der Waals surface area contributed by atoms with Crippen LogP contribution in [0.1, 0.15) is 34.1 Å². The lowest BCUT2D eigenvalue weighted by molar-refractivity contribution is 0.0970. The zero-order valence-electron chi connectivity index (χ0n) is 8.37. The van der Waals surface area contributed by atoms with Crippen LogP contribution in [0.15, 0.2) is 11.4 Å². The Kier molecular flexibility index (Phi) is 3.02. The zero-order chi connectivity index (χ0) is 10.8. The van der Waals surface area contributed by atoms with E-state index in [1.807, 2.05) is 11.4 Å². The molecule has 80 valence electrons. The average Bonchev–Trinajstić information content (AvgIpc) is 2.71. The van der Waals surface area contributed by atoms with Crippen LogP contribution in [-0.4, -0.2) is 17.9 Å². The topological polar surface area (TPSA) is 41.1 Å². The van der Waals surface area contributed by atoms with Crippen molar-refractivity contribution in [3.8, 4) is 0 Å². The molecule has 1 aliphatic carbocycles. The van der Waals surface area contributed by atoms with Crippen molar-refractivity contribution in [2.75, 3.05) is 7.05 Å². The lowest BCUT2D eigenvalue weighted by Gasteiger charge is -2.23. The van der Waals surface area contributed by atoms with Crippen molar-refractivity contribution < 1.29 is 4.79 Å². The standard InChI is InChI=1S/C10H12N2OS2/c1-11-10(14)12-7-2-3-8(13)9-6(7)4-5-15-9/h4-5,7H,2-3H2,1H3,(H2,11,12,14). The fourth-order valence-electron chi connectivity index (χ4n) is 1.75. The summed E-state index contributed by atoms with van der Waals surface area (Å²) in [6.45, 7) is 0. The molecule has 1 aromatic rings. The van der Waals surface area contributed by atoms with E-state index < -0.39 is 0 Å². The highest BCUT2D eigenvalue weighted by molar-refractivity contribution is 7.80. The van der Waals surface area contributed by atoms with E-state index in [0.717, 1.165) is 16.9 Å². The van der Waals surface area contributed by atoms with Crippen molar-refractivity contribution in [2.45, 2.75) is 18.9 Å². The Balaban J connectivity index is 2.21. The third-order valence-corrected chi connectivity index (χ3v) is 3.81. The molecule has 1 unspecified atom stereocenters. The summed E-state index contributed by atoms with van der Waals surface area (Å²) in [5.74, 6) is 0.258. The summed E-state index contributed by atoms with van der Waals surface area (Å²) in [5, 5.41) is 8.69. The Morgan fingerprint density at radius 1 is 1.67 bits per heavy atom. The molecule has 0 saturated heterocycles. The monoisotopic (exact) mass is 240 g/mol. The molecule has 0 amide bonds. The van der Waals surface area contributed by atoms with E-state index >= 15 is 0 Å². The van der Waals surface area contributed by atoms with Crippen molar-refractivity contribution in [1.82, 2.24) is 10.6 Å². The van der Waals surface area contributed by atoms with E-state index in [-0.39, 0.29) is 11.8 Å². The van der Waals surface area contributed by atoms with Crippen molar-refractivity contribution in [3.63, 3.8) is 0 Å². The molecule has 0 spiro atoms. The summed E-state index contributed by atoms with van der Waals surface area (Å²) < 4.78 is 0. The van der Waals surface area contributed by atoms with Gasteiger partial charge in [-0.3, -0.25) is 4.79 Å². The molecule has 1 heterocycles. The first-order valence-corrected chi connectivity index (χ1v) is 6.10. The van der Waals surface area contributed by atoms with Gasteiger partial charge in [0.25, 0.3) is 0 Å². The molecule has 1 aliphatic rings. The van der Waals surface area contributed by atoms with Gasteiger partial charge >= 0.3 is 0 Å². The van der Waals surface area contributed by atoms with Crippen LogP contribution in [0.3, 0.4) is 0 Å². The number of Topliss-reactive ketones (excluding diaryl/α,β-unsaturated/α-hetero) is 1. The van der Waals surface area contributed by atoms with Gasteiger partial charge in [0.1, 0.15) is 0 Å². The summed E-state index contributed by atoms with van der Waals surface area (Å²) >= 11 is 6.58. The van der Waals surface area contributed by atoms with Gasteiger partial charge in [-0.25, -0.2) is 0 Å². The average molecular weight is 240 g/mol. The van der Waals surface area contributed by atoms with Crippen molar-refractivity contribution in [3.05, 3.63) is 21.9 Å². The number of thiocarbonyl (C=S) groups is 1. The minimum Gasteiger partial charge on any atom is -0.366 e. The van der Waals surface area contributed by atoms with Crippen LogP contribution in [0.4, 0.5) is 0 Å². The molecule has 15 heavy (non-hydrogen) atoms. The molecular formula is C10H12N2OS2. The smallest absolute Gasteiger partial charge is 0.173 e. The fourth-order valence-corrected chi connectivity index (χ4v) is 2.82. The number of thiophene rings is 1. The third kappa shape index (κ3) is 2.03. The number of rotatable bonds is 1. The number of hydrogen-bond donors (Lipinski definition) is 2. The predicted molar refractivity (Wildman–Crippen MR) is 65.4 cm³/mol. The minimum atomic E-state index is 0.184. The molecule has 2 N–H and O–H groups in total. The number of fused-ring (bicyclic) bond motifs is 1. The van der Waals surface area contributed by atoms with Crippen LogP contribution in [0.2, 0.25) is 0 Å². The number of nitrogens with one attached hydrogen (secondary N) is 2. The Morgan fingerprint density at radius 3 is 3.20 bits per heavy atom. The molecule has 0 saturated carbocycles. The maximum atomic E-state index is 11.6. The number of hydrogen-bond acceptors (Lipinski definition) is 3. The molecule has 2 rings (SSSR count). The van der Waals surface area contributed by atoms with Gasteiger partial charge in [0.05, 0.1) is 10.9 Å². The predicted octanol–water partition coefficient (Wildman–Crippen LogP) is 1.86. The summed E-state index contributed by atoms with van der Waals surface area (Å²) in [6.07, 6.45) is 1.43. The van der Waals surface area contributed by atoms with E-state index in [0.29, 0.717) is 11.5 Å². The third-order valence-electron chi connectivity index (χ3n) is 2.52. The number of carbonyl (C=O) groups is 1. The molecular weight excluding hydrogens is 228 g/mol. The van der Waals surface area contributed by atoms with E-state index in [2.05, 4.69) is 10.6 Å². The Bertz CT molecular complexity index is 400. The van der Waals surface area contributed by atoms with E-state index in [4.69, 9.17) is 12.2 Å². The van der Waals surface area contributed by atoms with Gasteiger partial charge in [0.2, 0.25) is 0 Å². The summed E-state index contributed by atoms with van der Waals surface area (Å²) in [5.41, 5.74) is 1.09. The normalized spacial score (nSPS) is 19.5. The molecule has 3 nitrogen and oxygen atoms in total. The Labute approximate surface area is 97.9 Å². The van der Waals surface area contributed by atoms with Gasteiger partial charge in [-0.1, -0.05) is 0 Å². The quantitative estimate of drug-likeness (QED) is 0.735. The molecule has 0 fully saturated rings. The largest absolute Gasteiger partial charge is 0.366 e. The van der Waals surface area contributed by atoms with Crippen LogP contribution >= 0.6 is 23.6 Å². The Morgan fingerprint density at radius 2 is 2.47 bits per heavy atom. The van der Waals surface area contributed by atoms with Gasteiger partial charge in [-0.15, -0.1) is 11.3 Å². The van der Waals surface area contributed by atoms with Crippen LogP contribution in [0.5, 0.6) is 0 Å². The molecule has 0 aromatic carbocycles. The van der Waals surface area contributed by atoms with Crippen molar-refractivity contribution in [1.29, 1.82) is 0 Å². The highest BCUT2D eigenvalue weighted by Gasteiger charge is 2.26. The van der Waals surface area contributed by atoms with E-state index in [1.165, 1.54) is 11.3 Å². The van der Waals surface area contributed by atoms with Gasteiger partial charge in [-0.2, -0.15) is 0 Å². The lowest BCUT2D eigenvalue weighted by Crippen LogP contribution is -2.37. The SMILES string of the molecule is CNC(=S)NC1CCC(=O)c2sccc21. The van der Waals surface area contributed by atoms with E-state index in [9.17, 15) is 4.79 Å². The molecule has 0 bridgehead atoms. The summed E-state index contributed by atoms with van der Waals surface area (Å²) in [6, 6.07) is 2.19. The summed E-state index contributed by atoms with van der Waals surface area (Å²) in [4.78, 5) is 12.5. The lowest BCUT2D eigenvalue weighted by atomic mass is 9.93. The van der Waals surface area contributed by atoms with Crippen LogP contribution < -0.4 is 10.6 Å². The molecule has 1 atom stereocenters. The Hall–Kier alpha value is -0.940. The van der Waals surface area contributed by atoms with Crippen LogP contribution in [0, 0.1) is 0 Å². The van der Waals surface area contributed by atoms with Gasteiger partial charge < -0.3 is 10.6 Å². The van der Waals surface area contributed by atoms with Gasteiger partial charge in [0, 0.05) is 13.5 Å². The first-order valence-electron chi connectivity index (χ1n) is 4.81. The maximum Gasteiger partial charge on any atom is 0.173 e. The van der Waals surface area contributed by atoms with Crippen LogP contribution in [0.25, 0.3) is 0 Å². The maximum absolute atomic E-state index is 11.6. The van der Waals surface area contributed by atoms with Crippen LogP contribution in [-0.2, 0) is 0 Å². The zero-order valence-corrected chi connectivity index (χ0v) is 10.0. The van der Waals surface area contributed by atoms with Crippen molar-refractivity contribution >= 4 is 34.5 Å². The molecule has 0 radical (unpaired) electrons. The first-order chi connectivity index (χ1) is 7.22. The molecule has 5 heteroatoms. The number of carbonyl (C=O) groups excluding carboxylic acids is 1. The second-order valence-electron chi connectivity index (χ2n) is 3.44. The van der Waals surface area contributed by atoms with Gasteiger partial charge in [-0.05, 0) is 35.6 Å². The highest BCUT2D eigenvalue weighted by atomic mass is 32.1.